The maximum Gasteiger partial charge on any atom is 0.153 e. The maximum absolute atomic E-state index is 13.5. The molecular weight excluding hydrogens is 306 g/mol. The Morgan fingerprint density at radius 3 is 2.32 bits per heavy atom. The van der Waals surface area contributed by atoms with E-state index >= 15 is 0 Å². The molecule has 1 saturated heterocycles. The summed E-state index contributed by atoms with van der Waals surface area (Å²) in [6, 6.07) is 11.2. The van der Waals surface area contributed by atoms with E-state index < -0.39 is 0 Å². The van der Waals surface area contributed by atoms with Gasteiger partial charge in [-0.1, -0.05) is 36.8 Å². The summed E-state index contributed by atoms with van der Waals surface area (Å²) in [5, 5.41) is 0. The molecule has 1 aromatic rings. The van der Waals surface area contributed by atoms with E-state index in [1.165, 1.54) is 56.9 Å². The molecule has 0 N–H and O–H groups in total. The van der Waals surface area contributed by atoms with Gasteiger partial charge in [-0.05, 0) is 87.3 Å². The molecule has 25 heavy (non-hydrogen) atoms. The van der Waals surface area contributed by atoms with Crippen molar-refractivity contribution in [3.05, 3.63) is 35.9 Å². The Kier molecular flexibility index (Phi) is 3.82. The summed E-state index contributed by atoms with van der Waals surface area (Å²) in [6.45, 7) is 3.00. The van der Waals surface area contributed by atoms with Crippen LogP contribution in [0.5, 0.6) is 0 Å². The fraction of sp³-hybridized carbons (Fsp3) is 0.696. The van der Waals surface area contributed by atoms with Crippen LogP contribution in [0.3, 0.4) is 0 Å². The minimum atomic E-state index is -0.00261. The molecule has 5 aliphatic rings. The highest BCUT2D eigenvalue weighted by Crippen LogP contribution is 2.66. The first kappa shape index (κ1) is 16.1. The van der Waals surface area contributed by atoms with Crippen LogP contribution in [0.2, 0.25) is 0 Å². The van der Waals surface area contributed by atoms with E-state index in [1.807, 2.05) is 0 Å². The lowest BCUT2D eigenvalue weighted by Gasteiger charge is -2.62. The summed E-state index contributed by atoms with van der Waals surface area (Å²) in [5.74, 6) is 2.15. The molecule has 134 valence electrons. The predicted octanol–water partition coefficient (Wildman–Crippen LogP) is 4.58. The molecule has 0 aromatic heterocycles. The Morgan fingerprint density at radius 2 is 1.64 bits per heavy atom. The Morgan fingerprint density at radius 1 is 0.960 bits per heavy atom. The van der Waals surface area contributed by atoms with Crippen molar-refractivity contribution in [3.63, 3.8) is 0 Å². The third-order valence-electron chi connectivity index (χ3n) is 7.85. The molecule has 2 unspecified atom stereocenters. The second-order valence-corrected chi connectivity index (χ2v) is 9.65. The Bertz CT molecular complexity index is 631. The van der Waals surface area contributed by atoms with E-state index in [4.69, 9.17) is 0 Å². The van der Waals surface area contributed by atoms with Crippen molar-refractivity contribution < 1.29 is 4.79 Å². The highest BCUT2D eigenvalue weighted by molar-refractivity contribution is 5.87. The molecule has 2 nitrogen and oxygen atoms in total. The third-order valence-corrected chi connectivity index (χ3v) is 7.85. The lowest BCUT2D eigenvalue weighted by atomic mass is 9.42. The Hall–Kier alpha value is -1.15. The molecule has 0 radical (unpaired) electrons. The van der Waals surface area contributed by atoms with Crippen LogP contribution < -0.4 is 0 Å². The molecule has 6 rings (SSSR count). The highest BCUT2D eigenvalue weighted by atomic mass is 16.1. The number of hydrogen-bond acceptors (Lipinski definition) is 2. The Balaban J connectivity index is 1.43. The second-order valence-electron chi connectivity index (χ2n) is 9.65. The monoisotopic (exact) mass is 337 g/mol. The topological polar surface area (TPSA) is 20.3 Å². The number of carbonyl (C=O) groups excluding carboxylic acids is 1. The number of nitrogens with zero attached hydrogens (tertiary/aromatic N) is 1. The van der Waals surface area contributed by atoms with E-state index in [0.717, 1.165) is 37.9 Å². The largest absolute Gasteiger partial charge is 0.298 e. The van der Waals surface area contributed by atoms with Crippen LogP contribution in [0.4, 0.5) is 0 Å². The average molecular weight is 338 g/mol. The van der Waals surface area contributed by atoms with Crippen LogP contribution in [-0.4, -0.2) is 30.3 Å². The van der Waals surface area contributed by atoms with Crippen LogP contribution in [0.25, 0.3) is 0 Å². The number of carbonyl (C=O) groups is 1. The molecule has 4 aliphatic carbocycles. The number of piperidine rings is 1. The normalized spacial score (nSPS) is 40.3. The SMILES string of the molecule is O=C(CN1CCCCC1)C12CC3CC(C1)CC(c1ccccc1)(C3)C2. The number of ketones is 1. The molecule has 1 aliphatic heterocycles. The highest BCUT2D eigenvalue weighted by Gasteiger charge is 2.60. The lowest BCUT2D eigenvalue weighted by molar-refractivity contribution is -0.148. The molecule has 2 atom stereocenters. The molecule has 2 heteroatoms. The number of rotatable bonds is 4. The molecule has 1 heterocycles. The van der Waals surface area contributed by atoms with Gasteiger partial charge in [0.1, 0.15) is 0 Å². The maximum atomic E-state index is 13.5. The lowest BCUT2D eigenvalue weighted by Crippen LogP contribution is -2.58. The standard InChI is InChI=1S/C23H31NO/c25-21(16-24-9-5-2-6-10-24)23-14-18-11-19(15-23)13-22(12-18,17-23)20-7-3-1-4-8-20/h1,3-4,7-8,18-19H,2,5-6,9-17H2. The van der Waals surface area contributed by atoms with Gasteiger partial charge < -0.3 is 0 Å². The van der Waals surface area contributed by atoms with Crippen molar-refractivity contribution in [1.82, 2.24) is 4.90 Å². The Labute approximate surface area is 152 Å². The first-order valence-corrected chi connectivity index (χ1v) is 10.5. The molecule has 0 spiro atoms. The van der Waals surface area contributed by atoms with Gasteiger partial charge in [0.2, 0.25) is 0 Å². The van der Waals surface area contributed by atoms with E-state index in [9.17, 15) is 4.79 Å². The molecule has 4 bridgehead atoms. The van der Waals surface area contributed by atoms with E-state index in [0.29, 0.717) is 11.2 Å². The van der Waals surface area contributed by atoms with Crippen molar-refractivity contribution in [3.8, 4) is 0 Å². The number of hydrogen-bond donors (Lipinski definition) is 0. The van der Waals surface area contributed by atoms with Crippen molar-refractivity contribution >= 4 is 5.78 Å². The molecular formula is C23H31NO. The van der Waals surface area contributed by atoms with Crippen LogP contribution in [0.15, 0.2) is 30.3 Å². The second kappa shape index (κ2) is 5.94. The van der Waals surface area contributed by atoms with Gasteiger partial charge in [0.15, 0.2) is 5.78 Å². The first-order chi connectivity index (χ1) is 12.2. The van der Waals surface area contributed by atoms with Gasteiger partial charge >= 0.3 is 0 Å². The summed E-state index contributed by atoms with van der Waals surface area (Å²) in [4.78, 5) is 15.9. The van der Waals surface area contributed by atoms with Crippen molar-refractivity contribution in [2.45, 2.75) is 63.2 Å². The summed E-state index contributed by atoms with van der Waals surface area (Å²) in [7, 11) is 0. The van der Waals surface area contributed by atoms with Gasteiger partial charge in [-0.25, -0.2) is 0 Å². The fourth-order valence-electron chi connectivity index (χ4n) is 7.21. The number of benzene rings is 1. The van der Waals surface area contributed by atoms with Crippen molar-refractivity contribution in [2.24, 2.45) is 17.3 Å². The first-order valence-electron chi connectivity index (χ1n) is 10.5. The van der Waals surface area contributed by atoms with E-state index in [1.54, 1.807) is 0 Å². The molecule has 1 aromatic carbocycles. The average Bonchev–Trinajstić information content (AvgIpc) is 2.62. The third kappa shape index (κ3) is 2.68. The van der Waals surface area contributed by atoms with Crippen molar-refractivity contribution in [2.75, 3.05) is 19.6 Å². The zero-order valence-electron chi connectivity index (χ0n) is 15.4. The van der Waals surface area contributed by atoms with Crippen LogP contribution >= 0.6 is 0 Å². The zero-order chi connectivity index (χ0) is 16.9. The van der Waals surface area contributed by atoms with Gasteiger partial charge in [-0.3, -0.25) is 9.69 Å². The summed E-state index contributed by atoms with van der Waals surface area (Å²) in [5.41, 5.74) is 1.81. The number of likely N-dealkylation sites (tertiary alicyclic amines) is 1. The van der Waals surface area contributed by atoms with Gasteiger partial charge in [-0.2, -0.15) is 0 Å². The molecule has 0 amide bonds. The smallest absolute Gasteiger partial charge is 0.153 e. The van der Waals surface area contributed by atoms with Crippen LogP contribution in [-0.2, 0) is 10.2 Å². The quantitative estimate of drug-likeness (QED) is 0.801. The molecule has 4 saturated carbocycles. The fourth-order valence-corrected chi connectivity index (χ4v) is 7.21. The van der Waals surface area contributed by atoms with Crippen LogP contribution in [0, 0.1) is 17.3 Å². The summed E-state index contributed by atoms with van der Waals surface area (Å²) in [6.07, 6.45) is 11.4. The zero-order valence-corrected chi connectivity index (χ0v) is 15.4. The predicted molar refractivity (Wildman–Crippen MR) is 101 cm³/mol. The molecule has 5 fully saturated rings. The van der Waals surface area contributed by atoms with E-state index in [-0.39, 0.29) is 5.41 Å². The van der Waals surface area contributed by atoms with Gasteiger partial charge in [0.25, 0.3) is 0 Å². The van der Waals surface area contributed by atoms with Crippen molar-refractivity contribution in [1.29, 1.82) is 0 Å². The van der Waals surface area contributed by atoms with Crippen LogP contribution in [0.1, 0.15) is 63.4 Å². The minimum Gasteiger partial charge on any atom is -0.298 e. The summed E-state index contributed by atoms with van der Waals surface area (Å²) >= 11 is 0. The summed E-state index contributed by atoms with van der Waals surface area (Å²) < 4.78 is 0. The van der Waals surface area contributed by atoms with Gasteiger partial charge in [0, 0.05) is 5.41 Å². The minimum absolute atomic E-state index is 0.00261. The number of Topliss-reactive ketones (excluding diaryl/α,β-unsaturated/α-hetero) is 1. The van der Waals surface area contributed by atoms with E-state index in [2.05, 4.69) is 35.2 Å². The van der Waals surface area contributed by atoms with Gasteiger partial charge in [-0.15, -0.1) is 0 Å². The van der Waals surface area contributed by atoms with Gasteiger partial charge in [0.05, 0.1) is 6.54 Å².